The number of fused-ring (bicyclic) bond motifs is 1. The van der Waals surface area contributed by atoms with Gasteiger partial charge in [-0.05, 0) is 67.6 Å². The number of hydrogen-bond donors (Lipinski definition) is 2. The second kappa shape index (κ2) is 11.3. The molecule has 0 spiro atoms. The quantitative estimate of drug-likeness (QED) is 0.436. The lowest BCUT2D eigenvalue weighted by Gasteiger charge is -2.40. The van der Waals surface area contributed by atoms with Crippen LogP contribution < -0.4 is 26.4 Å². The van der Waals surface area contributed by atoms with E-state index in [0.29, 0.717) is 16.9 Å². The molecule has 3 aliphatic rings. The average Bonchev–Trinajstić information content (AvgIpc) is 2.98. The third kappa shape index (κ3) is 5.67. The smallest absolute Gasteiger partial charge is 0.275 e. The molecule has 2 aromatic carbocycles. The molecule has 3 aliphatic heterocycles. The third-order valence-corrected chi connectivity index (χ3v) is 8.69. The molecule has 1 atom stereocenters. The number of anilines is 2. The van der Waals surface area contributed by atoms with Crippen LogP contribution in [0.25, 0.3) is 10.8 Å². The first-order valence-corrected chi connectivity index (χ1v) is 14.3. The number of piperidine rings is 2. The van der Waals surface area contributed by atoms with Gasteiger partial charge in [-0.1, -0.05) is 0 Å². The van der Waals surface area contributed by atoms with Gasteiger partial charge in [0.2, 0.25) is 11.8 Å². The largest absolute Gasteiger partial charge is 0.372 e. The monoisotopic (exact) mass is 557 g/mol. The maximum Gasteiger partial charge on any atom is 0.275 e. The van der Waals surface area contributed by atoms with Gasteiger partial charge in [0.25, 0.3) is 11.5 Å². The van der Waals surface area contributed by atoms with Crippen LogP contribution in [0.15, 0.2) is 53.5 Å². The summed E-state index contributed by atoms with van der Waals surface area (Å²) in [5, 5.41) is 7.84. The van der Waals surface area contributed by atoms with Crippen molar-refractivity contribution < 1.29 is 14.4 Å². The highest BCUT2D eigenvalue weighted by Crippen LogP contribution is 2.26. The molecule has 3 N–H and O–H groups in total. The van der Waals surface area contributed by atoms with Gasteiger partial charge in [0.05, 0.1) is 11.6 Å². The summed E-state index contributed by atoms with van der Waals surface area (Å²) in [6.45, 7) is 6.93. The van der Waals surface area contributed by atoms with E-state index in [0.717, 1.165) is 75.4 Å². The lowest BCUT2D eigenvalue weighted by atomic mass is 9.95. The molecular formula is C30H35N7O4. The van der Waals surface area contributed by atoms with Crippen molar-refractivity contribution in [2.24, 2.45) is 11.7 Å². The normalized spacial score (nSPS) is 20.8. The van der Waals surface area contributed by atoms with Crippen molar-refractivity contribution >= 4 is 39.9 Å². The number of piperazine rings is 1. The minimum atomic E-state index is -0.764. The Hall–Kier alpha value is -4.25. The van der Waals surface area contributed by atoms with E-state index in [4.69, 9.17) is 5.73 Å². The van der Waals surface area contributed by atoms with Gasteiger partial charge in [-0.2, -0.15) is 5.10 Å². The van der Waals surface area contributed by atoms with E-state index in [2.05, 4.69) is 25.1 Å². The number of amides is 3. The Kier molecular flexibility index (Phi) is 7.44. The van der Waals surface area contributed by atoms with Crippen molar-refractivity contribution in [3.8, 4) is 0 Å². The van der Waals surface area contributed by atoms with E-state index < -0.39 is 17.9 Å². The molecule has 214 valence electrons. The van der Waals surface area contributed by atoms with Crippen LogP contribution >= 0.6 is 0 Å². The van der Waals surface area contributed by atoms with Gasteiger partial charge in [0, 0.05) is 74.6 Å². The van der Waals surface area contributed by atoms with Gasteiger partial charge in [-0.15, -0.1) is 0 Å². The molecule has 0 unspecified atom stereocenters. The summed E-state index contributed by atoms with van der Waals surface area (Å²) in [7, 11) is 0. The molecule has 4 heterocycles. The summed E-state index contributed by atoms with van der Waals surface area (Å²) in [5.74, 6) is -0.530. The second-order valence-corrected chi connectivity index (χ2v) is 11.3. The molecule has 3 aromatic rings. The minimum absolute atomic E-state index is 0.195. The SMILES string of the molecule is NC(=O)c1ccc(N2CCC(CN3CCN(c4ccc5c(=O)n([C@H]6CCC(=O)NC6=O)ncc5c4)CC3)CC2)cc1. The van der Waals surface area contributed by atoms with Gasteiger partial charge < -0.3 is 15.5 Å². The van der Waals surface area contributed by atoms with Crippen LogP contribution in [0.2, 0.25) is 0 Å². The number of primary amides is 1. The van der Waals surface area contributed by atoms with Crippen LogP contribution in [0.5, 0.6) is 0 Å². The maximum atomic E-state index is 13.1. The number of nitrogens with zero attached hydrogens (tertiary/aromatic N) is 5. The third-order valence-electron chi connectivity index (χ3n) is 8.69. The minimum Gasteiger partial charge on any atom is -0.372 e. The van der Waals surface area contributed by atoms with E-state index in [-0.39, 0.29) is 24.3 Å². The van der Waals surface area contributed by atoms with Crippen molar-refractivity contribution in [2.45, 2.75) is 31.7 Å². The number of rotatable bonds is 6. The van der Waals surface area contributed by atoms with Crippen molar-refractivity contribution in [1.82, 2.24) is 20.0 Å². The number of imide groups is 1. The number of aromatic nitrogens is 2. The molecule has 3 amide bonds. The van der Waals surface area contributed by atoms with Crippen LogP contribution in [0.4, 0.5) is 11.4 Å². The zero-order chi connectivity index (χ0) is 28.5. The fourth-order valence-corrected chi connectivity index (χ4v) is 6.25. The fraction of sp³-hybridized carbons (Fsp3) is 0.433. The molecule has 0 bridgehead atoms. The summed E-state index contributed by atoms with van der Waals surface area (Å²) >= 11 is 0. The maximum absolute atomic E-state index is 13.1. The molecule has 0 saturated carbocycles. The molecule has 1 aromatic heterocycles. The van der Waals surface area contributed by atoms with Gasteiger partial charge in [-0.3, -0.25) is 29.4 Å². The molecular weight excluding hydrogens is 522 g/mol. The Balaban J connectivity index is 1.02. The lowest BCUT2D eigenvalue weighted by molar-refractivity contribution is -0.136. The van der Waals surface area contributed by atoms with E-state index in [1.165, 1.54) is 4.68 Å². The predicted molar refractivity (Wildman–Crippen MR) is 156 cm³/mol. The summed E-state index contributed by atoms with van der Waals surface area (Å²) in [5.41, 5.74) is 7.78. The number of nitrogens with one attached hydrogen (secondary N) is 1. The highest BCUT2D eigenvalue weighted by Gasteiger charge is 2.30. The molecule has 11 heteroatoms. The first kappa shape index (κ1) is 26.9. The van der Waals surface area contributed by atoms with E-state index in [1.807, 2.05) is 30.3 Å². The number of nitrogens with two attached hydrogens (primary N) is 1. The predicted octanol–water partition coefficient (Wildman–Crippen LogP) is 1.51. The summed E-state index contributed by atoms with van der Waals surface area (Å²) in [6.07, 6.45) is 4.40. The molecule has 3 fully saturated rings. The zero-order valence-electron chi connectivity index (χ0n) is 23.0. The lowest BCUT2D eigenvalue weighted by Crippen LogP contribution is -2.49. The first-order chi connectivity index (χ1) is 19.9. The number of hydrogen-bond acceptors (Lipinski definition) is 8. The van der Waals surface area contributed by atoms with Crippen molar-refractivity contribution in [3.05, 3.63) is 64.6 Å². The zero-order valence-corrected chi connectivity index (χ0v) is 23.0. The highest BCUT2D eigenvalue weighted by molar-refractivity contribution is 5.99. The topological polar surface area (TPSA) is 134 Å². The van der Waals surface area contributed by atoms with E-state index in [1.54, 1.807) is 18.3 Å². The fourth-order valence-electron chi connectivity index (χ4n) is 6.25. The van der Waals surface area contributed by atoms with Crippen LogP contribution in [-0.4, -0.2) is 78.2 Å². The highest BCUT2D eigenvalue weighted by atomic mass is 16.2. The summed E-state index contributed by atoms with van der Waals surface area (Å²) in [4.78, 5) is 55.5. The molecule has 6 rings (SSSR count). The molecule has 11 nitrogen and oxygen atoms in total. The van der Waals surface area contributed by atoms with Crippen LogP contribution in [0.1, 0.15) is 42.1 Å². The Bertz CT molecular complexity index is 1520. The van der Waals surface area contributed by atoms with Crippen molar-refractivity contribution in [2.75, 3.05) is 55.6 Å². The summed E-state index contributed by atoms with van der Waals surface area (Å²) < 4.78 is 1.20. The van der Waals surface area contributed by atoms with Gasteiger partial charge in [0.1, 0.15) is 6.04 Å². The van der Waals surface area contributed by atoms with E-state index in [9.17, 15) is 19.2 Å². The van der Waals surface area contributed by atoms with Crippen LogP contribution in [0.3, 0.4) is 0 Å². The van der Waals surface area contributed by atoms with Crippen molar-refractivity contribution in [1.29, 1.82) is 0 Å². The van der Waals surface area contributed by atoms with E-state index >= 15 is 0 Å². The second-order valence-electron chi connectivity index (χ2n) is 11.3. The van der Waals surface area contributed by atoms with Crippen molar-refractivity contribution in [3.63, 3.8) is 0 Å². The van der Waals surface area contributed by atoms with Gasteiger partial charge >= 0.3 is 0 Å². The van der Waals surface area contributed by atoms with Gasteiger partial charge in [-0.25, -0.2) is 4.68 Å². The Morgan fingerprint density at radius 2 is 1.56 bits per heavy atom. The first-order valence-electron chi connectivity index (χ1n) is 14.3. The summed E-state index contributed by atoms with van der Waals surface area (Å²) in [6, 6.07) is 12.6. The average molecular weight is 558 g/mol. The van der Waals surface area contributed by atoms with Gasteiger partial charge in [0.15, 0.2) is 0 Å². The van der Waals surface area contributed by atoms with Crippen LogP contribution in [0, 0.1) is 5.92 Å². The molecule has 0 aliphatic carbocycles. The number of benzene rings is 2. The Labute approximate surface area is 237 Å². The molecule has 0 radical (unpaired) electrons. The molecule has 41 heavy (non-hydrogen) atoms. The number of carbonyl (C=O) groups is 3. The standard InChI is InChI=1S/C30H35N7O4/c31-28(39)21-1-3-23(4-2-21)35-11-9-20(10-12-35)19-34-13-15-36(16-14-34)24-5-6-25-22(17-24)18-32-37(30(25)41)26-7-8-27(38)33-29(26)40/h1-6,17-18,20,26H,7-16,19H2,(H2,31,39)(H,33,38,40)/t26-/m0/s1. The Morgan fingerprint density at radius 1 is 0.878 bits per heavy atom. The molecule has 3 saturated heterocycles. The van der Waals surface area contributed by atoms with Crippen LogP contribution in [-0.2, 0) is 9.59 Å². The Morgan fingerprint density at radius 3 is 2.24 bits per heavy atom. The number of carbonyl (C=O) groups excluding carboxylic acids is 3.